The first-order valence-corrected chi connectivity index (χ1v) is 8.73. The van der Waals surface area contributed by atoms with Gasteiger partial charge < -0.3 is 4.90 Å². The summed E-state index contributed by atoms with van der Waals surface area (Å²) < 4.78 is 42.4. The molecule has 0 spiro atoms. The van der Waals surface area contributed by atoms with Crippen molar-refractivity contribution in [2.45, 2.75) is 39.3 Å². The van der Waals surface area contributed by atoms with Crippen molar-refractivity contribution in [1.29, 1.82) is 0 Å². The van der Waals surface area contributed by atoms with Gasteiger partial charge in [0, 0.05) is 12.7 Å². The molecule has 8 heteroatoms. The maximum Gasteiger partial charge on any atom is 0.270 e. The molecule has 1 aromatic carbocycles. The summed E-state index contributed by atoms with van der Waals surface area (Å²) in [4.78, 5) is 31.1. The van der Waals surface area contributed by atoms with Crippen molar-refractivity contribution < 1.29 is 22.8 Å². The molecule has 1 fully saturated rings. The Hall–Kier alpha value is -2.90. The Kier molecular flexibility index (Phi) is 5.14. The van der Waals surface area contributed by atoms with Crippen molar-refractivity contribution in [1.82, 2.24) is 9.88 Å². The summed E-state index contributed by atoms with van der Waals surface area (Å²) in [5.41, 5.74) is -0.325. The van der Waals surface area contributed by atoms with E-state index in [1.54, 1.807) is 31.2 Å². The summed E-state index contributed by atoms with van der Waals surface area (Å²) in [6, 6.07) is 8.16. The van der Waals surface area contributed by atoms with Gasteiger partial charge in [0.2, 0.25) is 5.91 Å². The van der Waals surface area contributed by atoms with E-state index in [0.717, 1.165) is 23.5 Å². The average molecular weight is 391 g/mol. The summed E-state index contributed by atoms with van der Waals surface area (Å²) in [6.45, 7) is 3.78. The SMILES string of the molecule is Cc1ccc(CN2C(=O)CN(c3ncc(C)cc3F)C(=O)C2(C)C(F)F)cc1. The minimum Gasteiger partial charge on any atom is -0.317 e. The third kappa shape index (κ3) is 3.34. The second kappa shape index (κ2) is 7.26. The van der Waals surface area contributed by atoms with Gasteiger partial charge in [-0.3, -0.25) is 14.5 Å². The Morgan fingerprint density at radius 3 is 2.36 bits per heavy atom. The molecule has 1 atom stereocenters. The Morgan fingerprint density at radius 2 is 1.79 bits per heavy atom. The van der Waals surface area contributed by atoms with E-state index >= 15 is 0 Å². The Balaban J connectivity index is 2.00. The standard InChI is InChI=1S/C20H20F3N3O2/c1-12-4-6-14(7-5-12)10-26-16(27)11-25(19(28)20(26,3)18(22)23)17-15(21)8-13(2)9-24-17/h4-9,18H,10-11H2,1-3H3. The molecule has 2 heterocycles. The molecule has 148 valence electrons. The molecule has 0 radical (unpaired) electrons. The van der Waals surface area contributed by atoms with Gasteiger partial charge in [0.25, 0.3) is 12.3 Å². The molecule has 1 aliphatic heterocycles. The topological polar surface area (TPSA) is 53.5 Å². The van der Waals surface area contributed by atoms with Gasteiger partial charge >= 0.3 is 0 Å². The fourth-order valence-electron chi connectivity index (χ4n) is 3.18. The second-order valence-electron chi connectivity index (χ2n) is 7.12. The van der Waals surface area contributed by atoms with Gasteiger partial charge in [0.15, 0.2) is 17.2 Å². The van der Waals surface area contributed by atoms with Gasteiger partial charge in [-0.1, -0.05) is 29.8 Å². The third-order valence-electron chi connectivity index (χ3n) is 4.93. The van der Waals surface area contributed by atoms with Crippen molar-refractivity contribution >= 4 is 17.6 Å². The summed E-state index contributed by atoms with van der Waals surface area (Å²) in [5.74, 6) is -3.04. The summed E-state index contributed by atoms with van der Waals surface area (Å²) in [5, 5.41) is 0. The number of amides is 2. The molecule has 0 aliphatic carbocycles. The van der Waals surface area contributed by atoms with Crippen LogP contribution in [0.3, 0.4) is 0 Å². The van der Waals surface area contributed by atoms with E-state index in [2.05, 4.69) is 4.98 Å². The van der Waals surface area contributed by atoms with Crippen molar-refractivity contribution in [3.05, 3.63) is 59.0 Å². The van der Waals surface area contributed by atoms with Gasteiger partial charge in [-0.05, 0) is 38.0 Å². The van der Waals surface area contributed by atoms with Crippen LogP contribution in [-0.2, 0) is 16.1 Å². The van der Waals surface area contributed by atoms with Crippen LogP contribution in [-0.4, -0.2) is 40.2 Å². The number of nitrogens with zero attached hydrogens (tertiary/aromatic N) is 3. The van der Waals surface area contributed by atoms with Gasteiger partial charge in [-0.25, -0.2) is 18.2 Å². The zero-order chi connectivity index (χ0) is 20.6. The smallest absolute Gasteiger partial charge is 0.270 e. The number of hydrogen-bond acceptors (Lipinski definition) is 3. The highest BCUT2D eigenvalue weighted by Crippen LogP contribution is 2.34. The first kappa shape index (κ1) is 19.9. The molecule has 2 amide bonds. The molecule has 0 bridgehead atoms. The minimum atomic E-state index is -3.16. The lowest BCUT2D eigenvalue weighted by Crippen LogP contribution is -2.70. The van der Waals surface area contributed by atoms with Crippen LogP contribution >= 0.6 is 0 Å². The number of aryl methyl sites for hydroxylation is 2. The summed E-state index contributed by atoms with van der Waals surface area (Å²) in [7, 11) is 0. The number of anilines is 1. The monoisotopic (exact) mass is 391 g/mol. The van der Waals surface area contributed by atoms with Crippen molar-refractivity contribution in [2.24, 2.45) is 0 Å². The van der Waals surface area contributed by atoms with Crippen LogP contribution in [0.15, 0.2) is 36.5 Å². The van der Waals surface area contributed by atoms with Crippen LogP contribution in [0.5, 0.6) is 0 Å². The van der Waals surface area contributed by atoms with Crippen molar-refractivity contribution in [3.63, 3.8) is 0 Å². The quantitative estimate of drug-likeness (QED) is 0.804. The lowest BCUT2D eigenvalue weighted by Gasteiger charge is -2.46. The number of benzene rings is 1. The number of halogens is 3. The van der Waals surface area contributed by atoms with Gasteiger partial charge in [0.1, 0.15) is 6.54 Å². The molecule has 3 rings (SSSR count). The molecule has 1 unspecified atom stereocenters. The van der Waals surface area contributed by atoms with Crippen LogP contribution in [0.4, 0.5) is 19.0 Å². The molecule has 0 saturated carbocycles. The van der Waals surface area contributed by atoms with Crippen LogP contribution in [0, 0.1) is 19.7 Å². The van der Waals surface area contributed by atoms with Crippen LogP contribution in [0.25, 0.3) is 0 Å². The number of piperazine rings is 1. The Labute approximate surface area is 160 Å². The van der Waals surface area contributed by atoms with E-state index in [-0.39, 0.29) is 6.54 Å². The van der Waals surface area contributed by atoms with E-state index in [4.69, 9.17) is 0 Å². The summed E-state index contributed by atoms with van der Waals surface area (Å²) in [6.07, 6.45) is -1.85. The predicted molar refractivity (Wildman–Crippen MR) is 97.4 cm³/mol. The highest BCUT2D eigenvalue weighted by molar-refractivity contribution is 6.08. The second-order valence-corrected chi connectivity index (χ2v) is 7.12. The van der Waals surface area contributed by atoms with Gasteiger partial charge in [0.05, 0.1) is 0 Å². The fraction of sp³-hybridized carbons (Fsp3) is 0.350. The first-order valence-electron chi connectivity index (χ1n) is 8.73. The first-order chi connectivity index (χ1) is 13.1. The number of carbonyl (C=O) groups is 2. The van der Waals surface area contributed by atoms with E-state index in [1.165, 1.54) is 6.20 Å². The van der Waals surface area contributed by atoms with E-state index in [0.29, 0.717) is 16.0 Å². The highest BCUT2D eigenvalue weighted by Gasteiger charge is 2.56. The fourth-order valence-corrected chi connectivity index (χ4v) is 3.18. The van der Waals surface area contributed by atoms with Crippen molar-refractivity contribution in [2.75, 3.05) is 11.4 Å². The molecular formula is C20H20F3N3O2. The Bertz CT molecular complexity index is 917. The van der Waals surface area contributed by atoms with E-state index < -0.39 is 42.0 Å². The number of aromatic nitrogens is 1. The number of pyridine rings is 1. The molecular weight excluding hydrogens is 371 g/mol. The van der Waals surface area contributed by atoms with Gasteiger partial charge in [-0.2, -0.15) is 0 Å². The predicted octanol–water partition coefficient (Wildman–Crippen LogP) is 3.24. The lowest BCUT2D eigenvalue weighted by molar-refractivity contribution is -0.161. The number of alkyl halides is 2. The molecule has 5 nitrogen and oxygen atoms in total. The van der Waals surface area contributed by atoms with E-state index in [9.17, 15) is 22.8 Å². The normalized spacial score (nSPS) is 20.2. The third-order valence-corrected chi connectivity index (χ3v) is 4.93. The zero-order valence-corrected chi connectivity index (χ0v) is 15.7. The number of hydrogen-bond donors (Lipinski definition) is 0. The maximum atomic E-state index is 14.3. The van der Waals surface area contributed by atoms with Crippen molar-refractivity contribution in [3.8, 4) is 0 Å². The molecule has 0 N–H and O–H groups in total. The van der Waals surface area contributed by atoms with Crippen LogP contribution in [0.2, 0.25) is 0 Å². The van der Waals surface area contributed by atoms with Crippen LogP contribution < -0.4 is 4.90 Å². The van der Waals surface area contributed by atoms with E-state index in [1.807, 2.05) is 6.92 Å². The maximum absolute atomic E-state index is 14.3. The largest absolute Gasteiger partial charge is 0.317 e. The number of rotatable bonds is 4. The molecule has 28 heavy (non-hydrogen) atoms. The average Bonchev–Trinajstić information content (AvgIpc) is 2.63. The molecule has 1 aromatic heterocycles. The lowest BCUT2D eigenvalue weighted by atomic mass is 9.93. The highest BCUT2D eigenvalue weighted by atomic mass is 19.3. The van der Waals surface area contributed by atoms with Crippen LogP contribution in [0.1, 0.15) is 23.6 Å². The molecule has 1 saturated heterocycles. The zero-order valence-electron chi connectivity index (χ0n) is 15.7. The summed E-state index contributed by atoms with van der Waals surface area (Å²) >= 11 is 0. The molecule has 2 aromatic rings. The Morgan fingerprint density at radius 1 is 1.14 bits per heavy atom. The molecule has 1 aliphatic rings. The van der Waals surface area contributed by atoms with Gasteiger partial charge in [-0.15, -0.1) is 0 Å². The number of carbonyl (C=O) groups excluding carboxylic acids is 2. The minimum absolute atomic E-state index is 0.149.